The van der Waals surface area contributed by atoms with Crippen LogP contribution in [0.1, 0.15) is 17.3 Å². The predicted molar refractivity (Wildman–Crippen MR) is 97.8 cm³/mol. The summed E-state index contributed by atoms with van der Waals surface area (Å²) in [6.45, 7) is 3.06. The van der Waals surface area contributed by atoms with Gasteiger partial charge in [0.1, 0.15) is 0 Å². The maximum atomic E-state index is 6.11. The lowest BCUT2D eigenvalue weighted by Gasteiger charge is -2.11. The number of nitrogens with zero attached hydrogens (tertiary/aromatic N) is 3. The molecular formula is C14H19ClIN5O. The number of aliphatic imine (C=N–C) groups is 1. The Balaban J connectivity index is 0.00000242. The third-order valence-electron chi connectivity index (χ3n) is 2.83. The topological polar surface area (TPSA) is 75.3 Å². The van der Waals surface area contributed by atoms with E-state index in [4.69, 9.17) is 16.1 Å². The number of hydrogen-bond donors (Lipinski definition) is 2. The summed E-state index contributed by atoms with van der Waals surface area (Å²) in [5.41, 5.74) is 1.02. The Morgan fingerprint density at radius 2 is 2.09 bits per heavy atom. The number of rotatable bonds is 5. The highest BCUT2D eigenvalue weighted by atomic mass is 127. The average molecular weight is 436 g/mol. The standard InChI is InChI=1S/C14H18ClN5O.HI/c1-10-19-13(21-20-10)7-8-17-14(16-2)18-9-11-5-3-4-6-12(11)15;/h3-6H,7-9H2,1-2H3,(H2,16,17,18);1H. The number of nitrogens with one attached hydrogen (secondary N) is 2. The molecule has 0 fully saturated rings. The van der Waals surface area contributed by atoms with Gasteiger partial charge in [-0.1, -0.05) is 35.0 Å². The van der Waals surface area contributed by atoms with Crippen LogP contribution in [0.3, 0.4) is 0 Å². The molecule has 1 aromatic carbocycles. The van der Waals surface area contributed by atoms with E-state index in [1.165, 1.54) is 0 Å². The normalized spacial score (nSPS) is 11.0. The lowest BCUT2D eigenvalue weighted by atomic mass is 10.2. The minimum atomic E-state index is 0. The smallest absolute Gasteiger partial charge is 0.228 e. The highest BCUT2D eigenvalue weighted by Gasteiger charge is 2.04. The average Bonchev–Trinajstić information content (AvgIpc) is 2.90. The molecule has 0 unspecified atom stereocenters. The Hall–Kier alpha value is -1.35. The molecule has 22 heavy (non-hydrogen) atoms. The second kappa shape index (κ2) is 9.62. The number of guanidine groups is 1. The van der Waals surface area contributed by atoms with Crippen molar-refractivity contribution in [3.8, 4) is 0 Å². The first-order valence-electron chi connectivity index (χ1n) is 6.66. The second-order valence-electron chi connectivity index (χ2n) is 4.43. The van der Waals surface area contributed by atoms with Crippen LogP contribution in [-0.4, -0.2) is 29.7 Å². The number of aryl methyl sites for hydroxylation is 1. The maximum Gasteiger partial charge on any atom is 0.228 e. The Kier molecular flexibility index (Phi) is 8.18. The lowest BCUT2D eigenvalue weighted by Crippen LogP contribution is -2.37. The summed E-state index contributed by atoms with van der Waals surface area (Å²) in [7, 11) is 1.72. The van der Waals surface area contributed by atoms with Crippen LogP contribution in [-0.2, 0) is 13.0 Å². The lowest BCUT2D eigenvalue weighted by molar-refractivity contribution is 0.374. The zero-order chi connectivity index (χ0) is 15.1. The summed E-state index contributed by atoms with van der Waals surface area (Å²) in [5, 5.41) is 10.9. The molecule has 0 radical (unpaired) electrons. The van der Waals surface area contributed by atoms with Crippen LogP contribution in [0, 0.1) is 6.92 Å². The third kappa shape index (κ3) is 5.80. The van der Waals surface area contributed by atoms with Crippen molar-refractivity contribution in [2.45, 2.75) is 19.9 Å². The Morgan fingerprint density at radius 1 is 1.32 bits per heavy atom. The van der Waals surface area contributed by atoms with E-state index >= 15 is 0 Å². The van der Waals surface area contributed by atoms with Crippen molar-refractivity contribution in [3.63, 3.8) is 0 Å². The molecule has 2 aromatic rings. The van der Waals surface area contributed by atoms with Gasteiger partial charge in [0, 0.05) is 31.6 Å². The van der Waals surface area contributed by atoms with Crippen molar-refractivity contribution in [1.29, 1.82) is 0 Å². The molecule has 0 saturated heterocycles. The van der Waals surface area contributed by atoms with Gasteiger partial charge in [0.05, 0.1) is 0 Å². The summed E-state index contributed by atoms with van der Waals surface area (Å²) in [6, 6.07) is 7.71. The zero-order valence-electron chi connectivity index (χ0n) is 12.5. The van der Waals surface area contributed by atoms with Gasteiger partial charge in [-0.25, -0.2) is 0 Å². The minimum absolute atomic E-state index is 0. The SMILES string of the molecule is CN=C(NCCc1nc(C)no1)NCc1ccccc1Cl.I. The first kappa shape index (κ1) is 18.7. The first-order chi connectivity index (χ1) is 10.2. The Morgan fingerprint density at radius 3 is 2.73 bits per heavy atom. The molecular weight excluding hydrogens is 417 g/mol. The van der Waals surface area contributed by atoms with E-state index in [1.807, 2.05) is 24.3 Å². The van der Waals surface area contributed by atoms with E-state index in [9.17, 15) is 0 Å². The van der Waals surface area contributed by atoms with Crippen LogP contribution in [0.25, 0.3) is 0 Å². The summed E-state index contributed by atoms with van der Waals surface area (Å²) >= 11 is 6.11. The maximum absolute atomic E-state index is 6.11. The number of hydrogen-bond acceptors (Lipinski definition) is 4. The van der Waals surface area contributed by atoms with E-state index in [0.717, 1.165) is 10.6 Å². The number of halogens is 2. The van der Waals surface area contributed by atoms with Crippen LogP contribution in [0.15, 0.2) is 33.8 Å². The van der Waals surface area contributed by atoms with Gasteiger partial charge in [-0.3, -0.25) is 4.99 Å². The first-order valence-corrected chi connectivity index (χ1v) is 7.04. The van der Waals surface area contributed by atoms with Crippen LogP contribution in [0.4, 0.5) is 0 Å². The zero-order valence-corrected chi connectivity index (χ0v) is 15.6. The fourth-order valence-electron chi connectivity index (χ4n) is 1.77. The van der Waals surface area contributed by atoms with E-state index in [-0.39, 0.29) is 24.0 Å². The van der Waals surface area contributed by atoms with Gasteiger partial charge in [0.2, 0.25) is 5.89 Å². The van der Waals surface area contributed by atoms with Crippen molar-refractivity contribution in [2.24, 2.45) is 4.99 Å². The van der Waals surface area contributed by atoms with Gasteiger partial charge in [0.15, 0.2) is 11.8 Å². The highest BCUT2D eigenvalue weighted by Crippen LogP contribution is 2.14. The van der Waals surface area contributed by atoms with Gasteiger partial charge in [0.25, 0.3) is 0 Å². The molecule has 0 aliphatic rings. The molecule has 0 saturated carbocycles. The second-order valence-corrected chi connectivity index (χ2v) is 4.84. The van der Waals surface area contributed by atoms with Crippen LogP contribution in [0.5, 0.6) is 0 Å². The van der Waals surface area contributed by atoms with Gasteiger partial charge in [-0.05, 0) is 18.6 Å². The van der Waals surface area contributed by atoms with Crippen molar-refractivity contribution >= 4 is 41.5 Å². The predicted octanol–water partition coefficient (Wildman–Crippen LogP) is 2.56. The molecule has 2 N–H and O–H groups in total. The minimum Gasteiger partial charge on any atom is -0.356 e. The number of aromatic nitrogens is 2. The van der Waals surface area contributed by atoms with Gasteiger partial charge < -0.3 is 15.2 Å². The van der Waals surface area contributed by atoms with Gasteiger partial charge >= 0.3 is 0 Å². The summed E-state index contributed by atoms with van der Waals surface area (Å²) in [4.78, 5) is 8.30. The fraction of sp³-hybridized carbons (Fsp3) is 0.357. The molecule has 0 atom stereocenters. The van der Waals surface area contributed by atoms with Gasteiger partial charge in [-0.15, -0.1) is 24.0 Å². The molecule has 0 aliphatic heterocycles. The van der Waals surface area contributed by atoms with E-state index in [2.05, 4.69) is 25.8 Å². The molecule has 1 heterocycles. The van der Waals surface area contributed by atoms with Crippen molar-refractivity contribution < 1.29 is 4.52 Å². The highest BCUT2D eigenvalue weighted by molar-refractivity contribution is 14.0. The Labute approximate surface area is 151 Å². The van der Waals surface area contributed by atoms with Crippen LogP contribution >= 0.6 is 35.6 Å². The van der Waals surface area contributed by atoms with E-state index in [0.29, 0.717) is 37.2 Å². The van der Waals surface area contributed by atoms with Crippen molar-refractivity contribution in [1.82, 2.24) is 20.8 Å². The monoisotopic (exact) mass is 435 g/mol. The molecule has 2 rings (SSSR count). The summed E-state index contributed by atoms with van der Waals surface area (Å²) in [5.74, 6) is 1.96. The molecule has 0 amide bonds. The van der Waals surface area contributed by atoms with Crippen molar-refractivity contribution in [3.05, 3.63) is 46.6 Å². The molecule has 0 bridgehead atoms. The van der Waals surface area contributed by atoms with E-state index in [1.54, 1.807) is 14.0 Å². The summed E-state index contributed by atoms with van der Waals surface area (Å²) < 4.78 is 5.05. The molecule has 120 valence electrons. The van der Waals surface area contributed by atoms with Gasteiger partial charge in [-0.2, -0.15) is 4.98 Å². The van der Waals surface area contributed by atoms with Crippen LogP contribution < -0.4 is 10.6 Å². The quantitative estimate of drug-likeness (QED) is 0.429. The molecule has 1 aromatic heterocycles. The molecule has 0 aliphatic carbocycles. The molecule has 6 nitrogen and oxygen atoms in total. The molecule has 8 heteroatoms. The van der Waals surface area contributed by atoms with Crippen molar-refractivity contribution in [2.75, 3.05) is 13.6 Å². The largest absolute Gasteiger partial charge is 0.356 e. The third-order valence-corrected chi connectivity index (χ3v) is 3.20. The summed E-state index contributed by atoms with van der Waals surface area (Å²) in [6.07, 6.45) is 0.646. The Bertz CT molecular complexity index is 617. The molecule has 0 spiro atoms. The number of benzene rings is 1. The van der Waals surface area contributed by atoms with Crippen LogP contribution in [0.2, 0.25) is 5.02 Å². The van der Waals surface area contributed by atoms with E-state index < -0.39 is 0 Å². The fourth-order valence-corrected chi connectivity index (χ4v) is 1.97.